The van der Waals surface area contributed by atoms with Gasteiger partial charge in [-0.15, -0.1) is 0 Å². The fourth-order valence-corrected chi connectivity index (χ4v) is 7.97. The minimum Gasteiger partial charge on any atom is -0.456 e. The highest BCUT2D eigenvalue weighted by Gasteiger charge is 2.22. The minimum absolute atomic E-state index is 0.597. The molecule has 0 atom stereocenters. The number of nitrogens with zero attached hydrogens (tertiary/aromatic N) is 4. The number of benzene rings is 8. The molecule has 0 bridgehead atoms. The Labute approximate surface area is 298 Å². The van der Waals surface area contributed by atoms with E-state index in [1.165, 1.54) is 10.8 Å². The summed E-state index contributed by atoms with van der Waals surface area (Å²) in [5.74, 6) is 1.83. The maximum absolute atomic E-state index is 6.46. The minimum atomic E-state index is 0.597. The lowest BCUT2D eigenvalue weighted by atomic mass is 10.00. The van der Waals surface area contributed by atoms with Crippen molar-refractivity contribution in [1.82, 2.24) is 19.5 Å². The molecule has 0 N–H and O–H groups in total. The molecule has 8 aromatic carbocycles. The van der Waals surface area contributed by atoms with E-state index in [0.29, 0.717) is 17.5 Å². The molecule has 0 radical (unpaired) electrons. The molecule has 242 valence electrons. The number of fused-ring (bicyclic) bond motifs is 10. The van der Waals surface area contributed by atoms with Crippen molar-refractivity contribution in [1.29, 1.82) is 0 Å². The molecule has 5 nitrogen and oxygen atoms in total. The van der Waals surface area contributed by atoms with Crippen molar-refractivity contribution < 1.29 is 4.42 Å². The Balaban J connectivity index is 1.25. The van der Waals surface area contributed by atoms with E-state index in [1.54, 1.807) is 0 Å². The molecule has 0 aliphatic rings. The maximum atomic E-state index is 6.46. The molecule has 3 aromatic heterocycles. The summed E-state index contributed by atoms with van der Waals surface area (Å²) in [5.41, 5.74) is 7.76. The average Bonchev–Trinajstić information content (AvgIpc) is 3.78. The van der Waals surface area contributed by atoms with Crippen LogP contribution in [0.1, 0.15) is 0 Å². The number of para-hydroxylation sites is 1. The van der Waals surface area contributed by atoms with Crippen LogP contribution in [0.5, 0.6) is 0 Å². The van der Waals surface area contributed by atoms with E-state index in [4.69, 9.17) is 19.4 Å². The third-order valence-electron chi connectivity index (χ3n) is 10.2. The van der Waals surface area contributed by atoms with Crippen molar-refractivity contribution in [3.8, 4) is 39.9 Å². The first-order valence-electron chi connectivity index (χ1n) is 17.5. The van der Waals surface area contributed by atoms with Gasteiger partial charge in [0.15, 0.2) is 17.5 Å². The van der Waals surface area contributed by atoms with Crippen LogP contribution in [-0.2, 0) is 0 Å². The van der Waals surface area contributed by atoms with Crippen LogP contribution in [-0.4, -0.2) is 19.5 Å². The van der Waals surface area contributed by atoms with Crippen molar-refractivity contribution in [3.05, 3.63) is 170 Å². The SMILES string of the molecule is c1ccc(-c2nc(-c3cccc4oc5ccc6ccccc6c5c34)nc(-c3cccc4c3c3ccc5ccccc5c3n4-c3ccccc3)n2)cc1. The van der Waals surface area contributed by atoms with Crippen LogP contribution in [0.3, 0.4) is 0 Å². The second-order valence-corrected chi connectivity index (χ2v) is 13.2. The summed E-state index contributed by atoms with van der Waals surface area (Å²) >= 11 is 0. The molecule has 0 spiro atoms. The molecule has 5 heteroatoms. The predicted octanol–water partition coefficient (Wildman–Crippen LogP) is 12.2. The summed E-state index contributed by atoms with van der Waals surface area (Å²) in [6, 6.07) is 59.0. The fourth-order valence-electron chi connectivity index (χ4n) is 7.97. The second-order valence-electron chi connectivity index (χ2n) is 13.2. The number of furan rings is 1. The second kappa shape index (κ2) is 11.2. The predicted molar refractivity (Wildman–Crippen MR) is 213 cm³/mol. The zero-order valence-electron chi connectivity index (χ0n) is 27.9. The van der Waals surface area contributed by atoms with Crippen molar-refractivity contribution in [3.63, 3.8) is 0 Å². The van der Waals surface area contributed by atoms with E-state index in [1.807, 2.05) is 30.3 Å². The van der Waals surface area contributed by atoms with Gasteiger partial charge in [0.1, 0.15) is 11.2 Å². The summed E-state index contributed by atoms with van der Waals surface area (Å²) in [6.45, 7) is 0. The highest BCUT2D eigenvalue weighted by molar-refractivity contribution is 6.23. The van der Waals surface area contributed by atoms with Crippen molar-refractivity contribution in [2.75, 3.05) is 0 Å². The van der Waals surface area contributed by atoms with Gasteiger partial charge in [-0.1, -0.05) is 140 Å². The molecule has 0 saturated heterocycles. The third-order valence-corrected chi connectivity index (χ3v) is 10.2. The van der Waals surface area contributed by atoms with E-state index in [0.717, 1.165) is 76.9 Å². The van der Waals surface area contributed by atoms with Crippen LogP contribution >= 0.6 is 0 Å². The highest BCUT2D eigenvalue weighted by Crippen LogP contribution is 2.43. The van der Waals surface area contributed by atoms with Gasteiger partial charge in [0, 0.05) is 49.3 Å². The summed E-state index contributed by atoms with van der Waals surface area (Å²) in [7, 11) is 0. The largest absolute Gasteiger partial charge is 0.456 e. The van der Waals surface area contributed by atoms with Crippen LogP contribution in [0.2, 0.25) is 0 Å². The summed E-state index contributed by atoms with van der Waals surface area (Å²) in [6.07, 6.45) is 0. The van der Waals surface area contributed by atoms with E-state index >= 15 is 0 Å². The quantitative estimate of drug-likeness (QED) is 0.188. The standard InChI is InChI=1S/C47H28N4O/c1-3-15-31(16-4-1)45-48-46(50-47(49-45)37-22-12-24-39-43(37)42-33-19-9-7-13-29(33)26-28-40(42)52-39)36-21-11-23-38-41(36)35-27-25-30-14-8-10-20-34(30)44(35)51(38)32-17-5-2-6-18-32/h1-28H. The lowest BCUT2D eigenvalue weighted by Gasteiger charge is -2.11. The molecule has 0 unspecified atom stereocenters. The van der Waals surface area contributed by atoms with Crippen LogP contribution in [0.25, 0.3) is 105 Å². The van der Waals surface area contributed by atoms with Gasteiger partial charge in [-0.25, -0.2) is 15.0 Å². The van der Waals surface area contributed by atoms with Gasteiger partial charge >= 0.3 is 0 Å². The number of aromatic nitrogens is 4. The molecule has 0 aliphatic carbocycles. The van der Waals surface area contributed by atoms with Crippen LogP contribution < -0.4 is 0 Å². The summed E-state index contributed by atoms with van der Waals surface area (Å²) in [5, 5.41) is 8.98. The zero-order chi connectivity index (χ0) is 34.2. The Bertz CT molecular complexity index is 3180. The topological polar surface area (TPSA) is 56.7 Å². The summed E-state index contributed by atoms with van der Waals surface area (Å²) < 4.78 is 8.84. The Morgan fingerprint density at radius 3 is 1.77 bits per heavy atom. The molecule has 0 fully saturated rings. The summed E-state index contributed by atoms with van der Waals surface area (Å²) in [4.78, 5) is 15.8. The van der Waals surface area contributed by atoms with E-state index in [9.17, 15) is 0 Å². The smallest absolute Gasteiger partial charge is 0.164 e. The molecule has 0 saturated carbocycles. The van der Waals surface area contributed by atoms with Crippen molar-refractivity contribution in [2.45, 2.75) is 0 Å². The van der Waals surface area contributed by atoms with Gasteiger partial charge in [-0.2, -0.15) is 0 Å². The van der Waals surface area contributed by atoms with Gasteiger partial charge in [-0.3, -0.25) is 0 Å². The molecule has 0 amide bonds. The Kier molecular flexibility index (Phi) is 6.18. The average molecular weight is 665 g/mol. The van der Waals surface area contributed by atoms with Crippen molar-refractivity contribution >= 4 is 65.3 Å². The Morgan fingerprint density at radius 1 is 0.385 bits per heavy atom. The zero-order valence-corrected chi connectivity index (χ0v) is 27.9. The molecule has 3 heterocycles. The molecular weight excluding hydrogens is 637 g/mol. The van der Waals surface area contributed by atoms with Crippen LogP contribution in [0.15, 0.2) is 174 Å². The maximum Gasteiger partial charge on any atom is 0.164 e. The van der Waals surface area contributed by atoms with Gasteiger partial charge in [0.2, 0.25) is 0 Å². The van der Waals surface area contributed by atoms with Gasteiger partial charge < -0.3 is 8.98 Å². The van der Waals surface area contributed by atoms with Gasteiger partial charge in [0.05, 0.1) is 11.0 Å². The highest BCUT2D eigenvalue weighted by atomic mass is 16.3. The van der Waals surface area contributed by atoms with E-state index in [2.05, 4.69) is 144 Å². The molecule has 0 aliphatic heterocycles. The first-order valence-corrected chi connectivity index (χ1v) is 17.5. The van der Waals surface area contributed by atoms with Gasteiger partial charge in [-0.05, 0) is 46.5 Å². The van der Waals surface area contributed by atoms with E-state index < -0.39 is 0 Å². The normalized spacial score (nSPS) is 11.8. The molecule has 52 heavy (non-hydrogen) atoms. The molecule has 11 rings (SSSR count). The fraction of sp³-hybridized carbons (Fsp3) is 0. The van der Waals surface area contributed by atoms with Gasteiger partial charge in [0.25, 0.3) is 0 Å². The Hall–Kier alpha value is -7.11. The van der Waals surface area contributed by atoms with Crippen molar-refractivity contribution in [2.24, 2.45) is 0 Å². The van der Waals surface area contributed by atoms with E-state index in [-0.39, 0.29) is 0 Å². The first kappa shape index (κ1) is 28.7. The van der Waals surface area contributed by atoms with Crippen LogP contribution in [0, 0.1) is 0 Å². The molecule has 11 aromatic rings. The monoisotopic (exact) mass is 664 g/mol. The lowest BCUT2D eigenvalue weighted by Crippen LogP contribution is -2.01. The number of hydrogen-bond donors (Lipinski definition) is 0. The van der Waals surface area contributed by atoms with Crippen LogP contribution in [0.4, 0.5) is 0 Å². The lowest BCUT2D eigenvalue weighted by molar-refractivity contribution is 0.669. The number of hydrogen-bond acceptors (Lipinski definition) is 4. The molecular formula is C47H28N4O. The number of rotatable bonds is 4. The first-order chi connectivity index (χ1) is 25.8. The Morgan fingerprint density at radius 2 is 0.981 bits per heavy atom. The third kappa shape index (κ3) is 4.26.